The van der Waals surface area contributed by atoms with Gasteiger partial charge in [0, 0.05) is 48.3 Å². The number of amides is 1. The number of rotatable bonds is 4. The molecule has 0 bridgehead atoms. The fraction of sp³-hybridized carbons (Fsp3) is 0.214. The Balaban J connectivity index is 1.27. The molecule has 3 heterocycles. The SMILES string of the molecule is O=C(c1cn(Cc2cc(F)cc(F)c2)c2cc(Cl)ccc12)N1CCC(n2c(=O)[nH]c3ccccc32)CC1. The van der Waals surface area contributed by atoms with Crippen molar-refractivity contribution in [2.75, 3.05) is 13.1 Å². The van der Waals surface area contributed by atoms with Crippen LogP contribution in [0.15, 0.2) is 71.7 Å². The average molecular weight is 521 g/mol. The van der Waals surface area contributed by atoms with Gasteiger partial charge >= 0.3 is 5.69 Å². The summed E-state index contributed by atoms with van der Waals surface area (Å²) in [5, 5.41) is 1.22. The van der Waals surface area contributed by atoms with E-state index in [1.54, 1.807) is 38.4 Å². The van der Waals surface area contributed by atoms with Crippen LogP contribution in [0.1, 0.15) is 34.8 Å². The molecular weight excluding hydrogens is 498 g/mol. The van der Waals surface area contributed by atoms with Gasteiger partial charge in [-0.25, -0.2) is 13.6 Å². The second-order valence-electron chi connectivity index (χ2n) is 9.45. The molecule has 0 aliphatic carbocycles. The Kier molecular flexibility index (Phi) is 5.83. The number of benzene rings is 3. The summed E-state index contributed by atoms with van der Waals surface area (Å²) in [6.07, 6.45) is 3.03. The van der Waals surface area contributed by atoms with Gasteiger partial charge < -0.3 is 14.5 Å². The summed E-state index contributed by atoms with van der Waals surface area (Å²) < 4.78 is 31.1. The summed E-state index contributed by atoms with van der Waals surface area (Å²) in [6.45, 7) is 1.19. The molecule has 0 spiro atoms. The number of hydrogen-bond acceptors (Lipinski definition) is 2. The van der Waals surface area contributed by atoms with E-state index in [-0.39, 0.29) is 24.2 Å². The van der Waals surface area contributed by atoms with Gasteiger partial charge in [-0.3, -0.25) is 9.36 Å². The van der Waals surface area contributed by atoms with Crippen molar-refractivity contribution < 1.29 is 13.6 Å². The highest BCUT2D eigenvalue weighted by atomic mass is 35.5. The predicted octanol–water partition coefficient (Wildman–Crippen LogP) is 5.74. The Morgan fingerprint density at radius 1 is 0.973 bits per heavy atom. The molecular formula is C28H23ClF2N4O2. The van der Waals surface area contributed by atoms with Gasteiger partial charge in [0.15, 0.2) is 0 Å². The molecule has 0 saturated carbocycles. The zero-order valence-electron chi connectivity index (χ0n) is 19.8. The topological polar surface area (TPSA) is 63.0 Å². The third-order valence-corrected chi connectivity index (χ3v) is 7.33. The second kappa shape index (κ2) is 9.19. The number of halogens is 3. The molecule has 1 N–H and O–H groups in total. The van der Waals surface area contributed by atoms with Crippen LogP contribution in [0.25, 0.3) is 21.9 Å². The maximum absolute atomic E-state index is 13.8. The van der Waals surface area contributed by atoms with Crippen LogP contribution in [-0.4, -0.2) is 38.0 Å². The first-order chi connectivity index (χ1) is 17.9. The molecule has 1 fully saturated rings. The summed E-state index contributed by atoms with van der Waals surface area (Å²) in [6, 6.07) is 16.3. The molecule has 1 amide bonds. The molecule has 0 unspecified atom stereocenters. The van der Waals surface area contributed by atoms with E-state index in [2.05, 4.69) is 4.98 Å². The van der Waals surface area contributed by atoms with Crippen LogP contribution in [0.5, 0.6) is 0 Å². The lowest BCUT2D eigenvalue weighted by Gasteiger charge is -2.32. The van der Waals surface area contributed by atoms with E-state index >= 15 is 0 Å². The van der Waals surface area contributed by atoms with Crippen LogP contribution >= 0.6 is 11.6 Å². The quantitative estimate of drug-likeness (QED) is 0.328. The minimum Gasteiger partial charge on any atom is -0.342 e. The normalized spacial score (nSPS) is 14.6. The van der Waals surface area contributed by atoms with E-state index in [1.165, 1.54) is 12.1 Å². The number of piperidine rings is 1. The maximum Gasteiger partial charge on any atom is 0.326 e. The molecule has 1 saturated heterocycles. The van der Waals surface area contributed by atoms with Crippen LogP contribution in [0.3, 0.4) is 0 Å². The zero-order valence-corrected chi connectivity index (χ0v) is 20.5. The monoisotopic (exact) mass is 520 g/mol. The van der Waals surface area contributed by atoms with Crippen molar-refractivity contribution in [3.63, 3.8) is 0 Å². The van der Waals surface area contributed by atoms with Crippen molar-refractivity contribution in [2.24, 2.45) is 0 Å². The Morgan fingerprint density at radius 2 is 1.70 bits per heavy atom. The first-order valence-electron chi connectivity index (χ1n) is 12.1. The van der Waals surface area contributed by atoms with Crippen molar-refractivity contribution in [1.29, 1.82) is 0 Å². The number of aromatic amines is 1. The Morgan fingerprint density at radius 3 is 2.46 bits per heavy atom. The third-order valence-electron chi connectivity index (χ3n) is 7.09. The fourth-order valence-corrected chi connectivity index (χ4v) is 5.57. The Hall–Kier alpha value is -3.91. The van der Waals surface area contributed by atoms with Crippen LogP contribution in [0.2, 0.25) is 5.02 Å². The van der Waals surface area contributed by atoms with Crippen LogP contribution in [-0.2, 0) is 6.54 Å². The molecule has 2 aromatic heterocycles. The number of carbonyl (C=O) groups is 1. The summed E-state index contributed by atoms with van der Waals surface area (Å²) in [7, 11) is 0. The molecule has 0 radical (unpaired) electrons. The number of para-hydroxylation sites is 2. The van der Waals surface area contributed by atoms with E-state index in [0.717, 1.165) is 22.5 Å². The summed E-state index contributed by atoms with van der Waals surface area (Å²) in [5.41, 5.74) is 3.19. The maximum atomic E-state index is 13.8. The number of likely N-dealkylation sites (tertiary alicyclic amines) is 1. The van der Waals surface area contributed by atoms with Crippen molar-refractivity contribution in [1.82, 2.24) is 19.0 Å². The van der Waals surface area contributed by atoms with Crippen molar-refractivity contribution in [3.05, 3.63) is 105 Å². The highest BCUT2D eigenvalue weighted by Crippen LogP contribution is 2.30. The van der Waals surface area contributed by atoms with Gasteiger partial charge in [0.2, 0.25) is 0 Å². The molecule has 3 aromatic carbocycles. The Labute approximate surface area is 215 Å². The lowest BCUT2D eigenvalue weighted by atomic mass is 10.0. The van der Waals surface area contributed by atoms with E-state index in [9.17, 15) is 18.4 Å². The first-order valence-corrected chi connectivity index (χ1v) is 12.5. The number of H-pyrrole nitrogens is 1. The lowest BCUT2D eigenvalue weighted by Crippen LogP contribution is -2.40. The summed E-state index contributed by atoms with van der Waals surface area (Å²) >= 11 is 6.24. The standard InChI is InChI=1S/C28H23ClF2N4O2/c29-18-5-6-22-23(16-34(26(22)13-18)15-17-11-19(30)14-20(31)12-17)27(36)33-9-7-21(8-10-33)35-25-4-2-1-3-24(25)32-28(35)37/h1-6,11-14,16,21H,7-10,15H2,(H,32,37). The van der Waals surface area contributed by atoms with Crippen LogP contribution in [0.4, 0.5) is 8.78 Å². The molecule has 1 aliphatic heterocycles. The number of aromatic nitrogens is 3. The summed E-state index contributed by atoms with van der Waals surface area (Å²) in [5.74, 6) is -1.43. The predicted molar refractivity (Wildman–Crippen MR) is 139 cm³/mol. The summed E-state index contributed by atoms with van der Waals surface area (Å²) in [4.78, 5) is 30.9. The van der Waals surface area contributed by atoms with E-state index in [1.807, 2.05) is 24.3 Å². The molecule has 37 heavy (non-hydrogen) atoms. The van der Waals surface area contributed by atoms with Gasteiger partial charge in [0.05, 0.1) is 22.1 Å². The third kappa shape index (κ3) is 4.31. The Bertz CT molecular complexity index is 1690. The fourth-order valence-electron chi connectivity index (χ4n) is 5.40. The van der Waals surface area contributed by atoms with Gasteiger partial charge in [0.1, 0.15) is 11.6 Å². The molecule has 0 atom stereocenters. The lowest BCUT2D eigenvalue weighted by molar-refractivity contribution is 0.0696. The molecule has 6 rings (SSSR count). The minimum atomic E-state index is -0.655. The van der Waals surface area contributed by atoms with Crippen LogP contribution in [0, 0.1) is 11.6 Å². The molecule has 5 aromatic rings. The smallest absolute Gasteiger partial charge is 0.326 e. The van der Waals surface area contributed by atoms with Gasteiger partial charge in [-0.2, -0.15) is 0 Å². The molecule has 6 nitrogen and oxygen atoms in total. The number of nitrogens with one attached hydrogen (secondary N) is 1. The number of imidazole rings is 1. The number of carbonyl (C=O) groups excluding carboxylic acids is 1. The minimum absolute atomic E-state index is 0.00396. The number of nitrogens with zero attached hydrogens (tertiary/aromatic N) is 3. The average Bonchev–Trinajstić information content (AvgIpc) is 3.39. The number of fused-ring (bicyclic) bond motifs is 2. The van der Waals surface area contributed by atoms with E-state index in [0.29, 0.717) is 47.6 Å². The zero-order chi connectivity index (χ0) is 25.7. The molecule has 188 valence electrons. The van der Waals surface area contributed by atoms with Crippen molar-refractivity contribution >= 4 is 39.4 Å². The van der Waals surface area contributed by atoms with Gasteiger partial charge in [-0.1, -0.05) is 29.8 Å². The highest BCUT2D eigenvalue weighted by Gasteiger charge is 2.28. The van der Waals surface area contributed by atoms with Gasteiger partial charge in [0.25, 0.3) is 5.91 Å². The number of hydrogen-bond donors (Lipinski definition) is 1. The largest absolute Gasteiger partial charge is 0.342 e. The van der Waals surface area contributed by atoms with Gasteiger partial charge in [-0.15, -0.1) is 0 Å². The highest BCUT2D eigenvalue weighted by molar-refractivity contribution is 6.31. The second-order valence-corrected chi connectivity index (χ2v) is 9.89. The van der Waals surface area contributed by atoms with Gasteiger partial charge in [-0.05, 0) is 54.8 Å². The first kappa shape index (κ1) is 23.5. The van der Waals surface area contributed by atoms with Crippen LogP contribution < -0.4 is 5.69 Å². The molecule has 1 aliphatic rings. The molecule has 9 heteroatoms. The van der Waals surface area contributed by atoms with Crippen molar-refractivity contribution in [2.45, 2.75) is 25.4 Å². The van der Waals surface area contributed by atoms with E-state index < -0.39 is 11.6 Å². The van der Waals surface area contributed by atoms with Crippen molar-refractivity contribution in [3.8, 4) is 0 Å². The van der Waals surface area contributed by atoms with E-state index in [4.69, 9.17) is 11.6 Å².